The molecular formula is C81H158O17P2. The van der Waals surface area contributed by atoms with E-state index in [2.05, 4.69) is 48.5 Å². The van der Waals surface area contributed by atoms with Crippen molar-refractivity contribution in [2.75, 3.05) is 39.6 Å². The van der Waals surface area contributed by atoms with Crippen molar-refractivity contribution >= 4 is 39.5 Å². The average molecular weight is 1470 g/mol. The maximum absolute atomic E-state index is 13.1. The Morgan fingerprint density at radius 2 is 0.460 bits per heavy atom. The van der Waals surface area contributed by atoms with Gasteiger partial charge in [0.05, 0.1) is 26.4 Å². The Morgan fingerprint density at radius 1 is 0.270 bits per heavy atom. The van der Waals surface area contributed by atoms with E-state index in [0.717, 1.165) is 120 Å². The van der Waals surface area contributed by atoms with Crippen molar-refractivity contribution in [1.82, 2.24) is 0 Å². The van der Waals surface area contributed by atoms with E-state index in [9.17, 15) is 43.2 Å². The van der Waals surface area contributed by atoms with Crippen LogP contribution >= 0.6 is 15.6 Å². The summed E-state index contributed by atoms with van der Waals surface area (Å²) in [6, 6.07) is 0. The lowest BCUT2D eigenvalue weighted by Crippen LogP contribution is -2.30. The first-order valence-corrected chi connectivity index (χ1v) is 44.8. The molecule has 0 heterocycles. The topological polar surface area (TPSA) is 237 Å². The number of aliphatic hydroxyl groups is 1. The molecule has 0 aliphatic carbocycles. The third kappa shape index (κ3) is 74.3. The first kappa shape index (κ1) is 98.1. The number of carbonyl (C=O) groups excluding carboxylic acids is 4. The van der Waals surface area contributed by atoms with E-state index in [1.807, 2.05) is 0 Å². The minimum Gasteiger partial charge on any atom is -0.462 e. The maximum Gasteiger partial charge on any atom is 0.472 e. The van der Waals surface area contributed by atoms with Crippen LogP contribution in [0.5, 0.6) is 0 Å². The molecule has 2 unspecified atom stereocenters. The number of unbranched alkanes of at least 4 members (excludes halogenated alkanes) is 47. The molecule has 19 heteroatoms. The van der Waals surface area contributed by atoms with Crippen LogP contribution in [-0.4, -0.2) is 96.7 Å². The number of hydrogen-bond donors (Lipinski definition) is 3. The van der Waals surface area contributed by atoms with Gasteiger partial charge in [0.15, 0.2) is 12.2 Å². The van der Waals surface area contributed by atoms with Crippen molar-refractivity contribution in [1.29, 1.82) is 0 Å². The molecular weight excluding hydrogens is 1310 g/mol. The van der Waals surface area contributed by atoms with Gasteiger partial charge in [-0.3, -0.25) is 37.3 Å². The lowest BCUT2D eigenvalue weighted by molar-refractivity contribution is -0.161. The fourth-order valence-electron chi connectivity index (χ4n) is 12.5. The summed E-state index contributed by atoms with van der Waals surface area (Å²) in [6.45, 7) is 12.0. The Morgan fingerprint density at radius 3 is 0.680 bits per heavy atom. The van der Waals surface area contributed by atoms with Crippen LogP contribution < -0.4 is 0 Å². The van der Waals surface area contributed by atoms with Crippen LogP contribution in [0.15, 0.2) is 0 Å². The molecule has 3 N–H and O–H groups in total. The molecule has 0 bridgehead atoms. The molecule has 100 heavy (non-hydrogen) atoms. The van der Waals surface area contributed by atoms with Gasteiger partial charge < -0.3 is 33.8 Å². The maximum atomic E-state index is 13.1. The van der Waals surface area contributed by atoms with Gasteiger partial charge in [-0.25, -0.2) is 9.13 Å². The summed E-state index contributed by atoms with van der Waals surface area (Å²) in [5, 5.41) is 10.6. The van der Waals surface area contributed by atoms with Gasteiger partial charge in [0, 0.05) is 25.7 Å². The van der Waals surface area contributed by atoms with Crippen LogP contribution in [0.2, 0.25) is 0 Å². The lowest BCUT2D eigenvalue weighted by Gasteiger charge is -2.21. The van der Waals surface area contributed by atoms with Crippen LogP contribution in [0.4, 0.5) is 0 Å². The van der Waals surface area contributed by atoms with Gasteiger partial charge >= 0.3 is 39.5 Å². The second-order valence-corrected chi connectivity index (χ2v) is 33.5. The van der Waals surface area contributed by atoms with Gasteiger partial charge in [-0.15, -0.1) is 0 Å². The van der Waals surface area contributed by atoms with E-state index in [-0.39, 0.29) is 25.7 Å². The van der Waals surface area contributed by atoms with Crippen LogP contribution in [0.3, 0.4) is 0 Å². The molecule has 0 fully saturated rings. The highest BCUT2D eigenvalue weighted by Crippen LogP contribution is 2.45. The monoisotopic (exact) mass is 1470 g/mol. The molecule has 0 aliphatic heterocycles. The van der Waals surface area contributed by atoms with E-state index in [1.54, 1.807) is 0 Å². The van der Waals surface area contributed by atoms with Crippen molar-refractivity contribution in [2.24, 2.45) is 17.8 Å². The van der Waals surface area contributed by atoms with Crippen LogP contribution in [0.1, 0.15) is 421 Å². The van der Waals surface area contributed by atoms with Gasteiger partial charge in [-0.1, -0.05) is 370 Å². The molecule has 594 valence electrons. The molecule has 0 aromatic rings. The highest BCUT2D eigenvalue weighted by Gasteiger charge is 2.30. The first-order valence-electron chi connectivity index (χ1n) is 41.8. The number of carbonyl (C=O) groups is 4. The minimum absolute atomic E-state index is 0.107. The van der Waals surface area contributed by atoms with Crippen LogP contribution in [0, 0.1) is 17.8 Å². The smallest absolute Gasteiger partial charge is 0.462 e. The minimum atomic E-state index is -4.96. The number of rotatable bonds is 79. The van der Waals surface area contributed by atoms with E-state index in [4.69, 9.17) is 37.0 Å². The Kier molecular flexibility index (Phi) is 69.9. The number of phosphoric acid groups is 2. The van der Waals surface area contributed by atoms with Gasteiger partial charge in [0.25, 0.3) is 0 Å². The summed E-state index contributed by atoms with van der Waals surface area (Å²) in [5.41, 5.74) is 0. The van der Waals surface area contributed by atoms with Crippen molar-refractivity contribution in [3.05, 3.63) is 0 Å². The van der Waals surface area contributed by atoms with Gasteiger partial charge in [-0.05, 0) is 43.4 Å². The van der Waals surface area contributed by atoms with Gasteiger partial charge in [0.1, 0.15) is 19.3 Å². The molecule has 17 nitrogen and oxygen atoms in total. The highest BCUT2D eigenvalue weighted by molar-refractivity contribution is 7.47. The molecule has 0 saturated heterocycles. The Hall–Kier alpha value is -1.94. The SMILES string of the molecule is CCCCCCCCCC(=O)OC[C@H](COP(=O)(O)OC[C@H](O)COP(=O)(O)OC[C@@H](COC(=O)CCCCCCCCCCCCCCCC(C)C)OC(=O)CCCCCCCCCCCCCCCCCCCCC(C)C)OC(=O)CCCCCCCCCCCCCCCC(C)C. The van der Waals surface area contributed by atoms with Crippen molar-refractivity contribution in [2.45, 2.75) is 439 Å². The number of ether oxygens (including phenoxy) is 4. The molecule has 0 aromatic carbocycles. The lowest BCUT2D eigenvalue weighted by atomic mass is 10.0. The second-order valence-electron chi connectivity index (χ2n) is 30.6. The normalized spacial score (nSPS) is 14.0. The predicted molar refractivity (Wildman–Crippen MR) is 409 cm³/mol. The average Bonchev–Trinajstić information content (AvgIpc) is 0.936. The summed E-state index contributed by atoms with van der Waals surface area (Å²) in [7, 11) is -9.91. The van der Waals surface area contributed by atoms with E-state index < -0.39 is 97.5 Å². The molecule has 0 rings (SSSR count). The summed E-state index contributed by atoms with van der Waals surface area (Å²) >= 11 is 0. The zero-order valence-electron chi connectivity index (χ0n) is 65.7. The van der Waals surface area contributed by atoms with Gasteiger partial charge in [-0.2, -0.15) is 0 Å². The summed E-state index contributed by atoms with van der Waals surface area (Å²) < 4.78 is 68.6. The quantitative estimate of drug-likeness (QED) is 0.0222. The number of esters is 4. The second kappa shape index (κ2) is 71.3. The van der Waals surface area contributed by atoms with Crippen LogP contribution in [-0.2, 0) is 65.4 Å². The number of phosphoric ester groups is 2. The third-order valence-electron chi connectivity index (χ3n) is 18.9. The van der Waals surface area contributed by atoms with Crippen molar-refractivity contribution < 1.29 is 80.2 Å². The third-order valence-corrected chi connectivity index (χ3v) is 20.8. The summed E-state index contributed by atoms with van der Waals surface area (Å²) in [6.07, 6.45) is 59.8. The molecule has 0 aromatic heterocycles. The first-order chi connectivity index (χ1) is 48.2. The number of hydrogen-bond acceptors (Lipinski definition) is 15. The van der Waals surface area contributed by atoms with Crippen LogP contribution in [0.25, 0.3) is 0 Å². The highest BCUT2D eigenvalue weighted by atomic mass is 31.2. The Bertz CT molecular complexity index is 1940. The predicted octanol–water partition coefficient (Wildman–Crippen LogP) is 24.1. The molecule has 0 aliphatic rings. The largest absolute Gasteiger partial charge is 0.472 e. The fourth-order valence-corrected chi connectivity index (χ4v) is 14.1. The zero-order chi connectivity index (χ0) is 73.7. The molecule has 0 saturated carbocycles. The van der Waals surface area contributed by atoms with Gasteiger partial charge in [0.2, 0.25) is 0 Å². The Labute approximate surface area is 613 Å². The Balaban J connectivity index is 5.17. The van der Waals surface area contributed by atoms with E-state index >= 15 is 0 Å². The van der Waals surface area contributed by atoms with E-state index in [1.165, 1.54) is 218 Å². The zero-order valence-corrected chi connectivity index (χ0v) is 67.5. The van der Waals surface area contributed by atoms with E-state index in [0.29, 0.717) is 25.7 Å². The summed E-state index contributed by atoms with van der Waals surface area (Å²) in [4.78, 5) is 72.9. The molecule has 0 amide bonds. The fraction of sp³-hybridized carbons (Fsp3) is 0.951. The van der Waals surface area contributed by atoms with Crippen molar-refractivity contribution in [3.63, 3.8) is 0 Å². The molecule has 5 atom stereocenters. The number of aliphatic hydroxyl groups excluding tert-OH is 1. The van der Waals surface area contributed by atoms with Crippen molar-refractivity contribution in [3.8, 4) is 0 Å². The standard InChI is InChI=1S/C81H158O17P2/c1-8-9-10-11-38-48-55-62-78(83)91-68-76(97-80(85)65-58-51-44-37-31-25-19-22-28-34-41-47-54-61-74(6)7)70-95-99(87,88)93-66-75(82)67-94-100(89,90)96-71-77(69-92-79(84)63-56-49-42-35-29-24-18-21-27-33-40-46-53-60-73(4)5)98-81(86)64-57-50-43-36-30-23-17-15-13-12-14-16-20-26-32-39-45-52-59-72(2)3/h72-77,82H,8-71H2,1-7H3,(H,87,88)(H,89,90)/t75-,76+,77+/m0/s1. The summed E-state index contributed by atoms with van der Waals surface area (Å²) in [5.74, 6) is 0.283. The molecule has 0 radical (unpaired) electrons. The molecule has 0 spiro atoms.